The molecule has 0 fully saturated rings. The van der Waals surface area contributed by atoms with Crippen molar-refractivity contribution in [2.24, 2.45) is 0 Å². The molecule has 0 unspecified atom stereocenters. The number of nitrogens with one attached hydrogen (secondary N) is 2. The maximum Gasteiger partial charge on any atom is 0.221 e. The van der Waals surface area contributed by atoms with Gasteiger partial charge in [-0.25, -0.2) is 0 Å². The maximum absolute atomic E-state index is 11.1. The number of aryl methyl sites for hydroxylation is 1. The molecule has 2 N–H and O–H groups in total. The minimum atomic E-state index is -0.0569. The Balaban J connectivity index is 2.04. The summed E-state index contributed by atoms with van der Waals surface area (Å²) < 4.78 is 2.08. The fourth-order valence-electron chi connectivity index (χ4n) is 1.96. The molecule has 0 aromatic heterocycles. The van der Waals surface area contributed by atoms with E-state index in [-0.39, 0.29) is 5.91 Å². The lowest BCUT2D eigenvalue weighted by Gasteiger charge is -2.11. The molecule has 0 aliphatic heterocycles. The predicted molar refractivity (Wildman–Crippen MR) is 94.7 cm³/mol. The molecule has 2 aromatic carbocycles. The number of anilines is 2. The van der Waals surface area contributed by atoms with Gasteiger partial charge in [0.1, 0.15) is 0 Å². The van der Waals surface area contributed by atoms with Gasteiger partial charge in [-0.3, -0.25) is 4.79 Å². The van der Waals surface area contributed by atoms with Crippen LogP contribution in [0.1, 0.15) is 18.1 Å². The number of carbonyl (C=O) groups excluding carboxylic acids is 1. The molecule has 0 atom stereocenters. The Labute approximate surface area is 141 Å². The van der Waals surface area contributed by atoms with E-state index < -0.39 is 0 Å². The van der Waals surface area contributed by atoms with Crippen molar-refractivity contribution in [2.45, 2.75) is 20.4 Å². The average molecular weight is 412 g/mol. The summed E-state index contributed by atoms with van der Waals surface area (Å²) in [7, 11) is 0. The standard InChI is InChI=1S/C16H16Br2N2O/c1-10-7-13(4-6-16(10)20-11(2)21)19-9-12-3-5-14(17)15(18)8-12/h3-8,19H,9H2,1-2H3,(H,20,21). The molecule has 3 nitrogen and oxygen atoms in total. The topological polar surface area (TPSA) is 41.1 Å². The molecule has 0 aliphatic carbocycles. The van der Waals surface area contributed by atoms with Crippen LogP contribution in [0.4, 0.5) is 11.4 Å². The Morgan fingerprint density at radius 2 is 1.86 bits per heavy atom. The lowest BCUT2D eigenvalue weighted by Crippen LogP contribution is -2.07. The van der Waals surface area contributed by atoms with Gasteiger partial charge in [0, 0.05) is 33.8 Å². The summed E-state index contributed by atoms with van der Waals surface area (Å²) in [6, 6.07) is 12.1. The third-order valence-corrected chi connectivity index (χ3v) is 4.90. The number of hydrogen-bond acceptors (Lipinski definition) is 2. The van der Waals surface area contributed by atoms with Crippen molar-refractivity contribution in [3.63, 3.8) is 0 Å². The Morgan fingerprint density at radius 3 is 2.48 bits per heavy atom. The first-order chi connectivity index (χ1) is 9.95. The van der Waals surface area contributed by atoms with Crippen LogP contribution >= 0.6 is 31.9 Å². The van der Waals surface area contributed by atoms with E-state index in [2.05, 4.69) is 54.6 Å². The molecule has 0 bridgehead atoms. The molecule has 0 radical (unpaired) electrons. The molecular formula is C16H16Br2N2O. The van der Waals surface area contributed by atoms with Crippen molar-refractivity contribution in [2.75, 3.05) is 10.6 Å². The van der Waals surface area contributed by atoms with Gasteiger partial charge in [-0.2, -0.15) is 0 Å². The first kappa shape index (κ1) is 16.0. The number of benzene rings is 2. The normalized spacial score (nSPS) is 10.3. The lowest BCUT2D eigenvalue weighted by atomic mass is 10.1. The van der Waals surface area contributed by atoms with Gasteiger partial charge in [0.05, 0.1) is 0 Å². The van der Waals surface area contributed by atoms with Crippen molar-refractivity contribution >= 4 is 49.1 Å². The summed E-state index contributed by atoms with van der Waals surface area (Å²) in [5.41, 5.74) is 4.10. The monoisotopic (exact) mass is 410 g/mol. The summed E-state index contributed by atoms with van der Waals surface area (Å²) in [6.07, 6.45) is 0. The third kappa shape index (κ3) is 4.58. The average Bonchev–Trinajstić information content (AvgIpc) is 2.42. The fraction of sp³-hybridized carbons (Fsp3) is 0.188. The summed E-state index contributed by atoms with van der Waals surface area (Å²) in [4.78, 5) is 11.1. The van der Waals surface area contributed by atoms with Crippen LogP contribution in [0.15, 0.2) is 45.3 Å². The van der Waals surface area contributed by atoms with E-state index in [1.807, 2.05) is 31.2 Å². The molecular weight excluding hydrogens is 396 g/mol. The summed E-state index contributed by atoms with van der Waals surface area (Å²) >= 11 is 6.96. The molecule has 0 saturated carbocycles. The molecule has 0 spiro atoms. The largest absolute Gasteiger partial charge is 0.381 e. The first-order valence-electron chi connectivity index (χ1n) is 6.52. The Hall–Kier alpha value is -1.33. The highest BCUT2D eigenvalue weighted by Crippen LogP contribution is 2.25. The Morgan fingerprint density at radius 1 is 1.10 bits per heavy atom. The summed E-state index contributed by atoms with van der Waals surface area (Å²) in [6.45, 7) is 4.23. The molecule has 0 heterocycles. The van der Waals surface area contributed by atoms with E-state index in [4.69, 9.17) is 0 Å². The molecule has 110 valence electrons. The minimum Gasteiger partial charge on any atom is -0.381 e. The van der Waals surface area contributed by atoms with Crippen molar-refractivity contribution in [1.82, 2.24) is 0 Å². The van der Waals surface area contributed by atoms with Gasteiger partial charge in [0.15, 0.2) is 0 Å². The highest BCUT2D eigenvalue weighted by Gasteiger charge is 2.03. The van der Waals surface area contributed by atoms with Gasteiger partial charge in [0.2, 0.25) is 5.91 Å². The van der Waals surface area contributed by atoms with Gasteiger partial charge in [0.25, 0.3) is 0 Å². The molecule has 2 rings (SSSR count). The summed E-state index contributed by atoms with van der Waals surface area (Å²) in [5.74, 6) is -0.0569. The van der Waals surface area contributed by atoms with Crippen molar-refractivity contribution in [3.05, 3.63) is 56.5 Å². The number of halogens is 2. The van der Waals surface area contributed by atoms with Gasteiger partial charge in [-0.05, 0) is 80.2 Å². The van der Waals surface area contributed by atoms with Crippen LogP contribution in [0.25, 0.3) is 0 Å². The molecule has 5 heteroatoms. The SMILES string of the molecule is CC(=O)Nc1ccc(NCc2ccc(Br)c(Br)c2)cc1C. The predicted octanol–water partition coefficient (Wildman–Crippen LogP) is 5.09. The van der Waals surface area contributed by atoms with Crippen LogP contribution in [-0.4, -0.2) is 5.91 Å². The second kappa shape index (κ2) is 7.09. The smallest absolute Gasteiger partial charge is 0.221 e. The zero-order chi connectivity index (χ0) is 15.4. The highest BCUT2D eigenvalue weighted by atomic mass is 79.9. The van der Waals surface area contributed by atoms with Crippen LogP contribution in [0.2, 0.25) is 0 Å². The minimum absolute atomic E-state index is 0.0569. The maximum atomic E-state index is 11.1. The molecule has 0 aliphatic rings. The number of rotatable bonds is 4. The van der Waals surface area contributed by atoms with E-state index in [9.17, 15) is 4.79 Å². The molecule has 0 saturated heterocycles. The molecule has 21 heavy (non-hydrogen) atoms. The Bertz CT molecular complexity index is 671. The summed E-state index contributed by atoms with van der Waals surface area (Å²) in [5, 5.41) is 6.19. The van der Waals surface area contributed by atoms with E-state index in [1.54, 1.807) is 0 Å². The van der Waals surface area contributed by atoms with E-state index >= 15 is 0 Å². The van der Waals surface area contributed by atoms with Crippen molar-refractivity contribution < 1.29 is 4.79 Å². The third-order valence-electron chi connectivity index (χ3n) is 3.02. The van der Waals surface area contributed by atoms with Crippen LogP contribution in [0.3, 0.4) is 0 Å². The van der Waals surface area contributed by atoms with Gasteiger partial charge in [-0.1, -0.05) is 6.07 Å². The second-order valence-corrected chi connectivity index (χ2v) is 6.52. The molecule has 2 aromatic rings. The highest BCUT2D eigenvalue weighted by molar-refractivity contribution is 9.13. The zero-order valence-electron chi connectivity index (χ0n) is 11.8. The second-order valence-electron chi connectivity index (χ2n) is 4.81. The number of carbonyl (C=O) groups is 1. The van der Waals surface area contributed by atoms with Crippen molar-refractivity contribution in [3.8, 4) is 0 Å². The number of amides is 1. The zero-order valence-corrected chi connectivity index (χ0v) is 15.0. The van der Waals surface area contributed by atoms with Crippen LogP contribution < -0.4 is 10.6 Å². The Kier molecular flexibility index (Phi) is 5.42. The van der Waals surface area contributed by atoms with Gasteiger partial charge in [-0.15, -0.1) is 0 Å². The van der Waals surface area contributed by atoms with Crippen molar-refractivity contribution in [1.29, 1.82) is 0 Å². The first-order valence-corrected chi connectivity index (χ1v) is 8.10. The number of hydrogen-bond donors (Lipinski definition) is 2. The quantitative estimate of drug-likeness (QED) is 0.735. The lowest BCUT2D eigenvalue weighted by molar-refractivity contribution is -0.114. The van der Waals surface area contributed by atoms with Gasteiger partial charge < -0.3 is 10.6 Å². The van der Waals surface area contributed by atoms with Gasteiger partial charge >= 0.3 is 0 Å². The molecule has 1 amide bonds. The van der Waals surface area contributed by atoms with E-state index in [0.717, 1.165) is 32.4 Å². The van der Waals surface area contributed by atoms with E-state index in [1.165, 1.54) is 12.5 Å². The van der Waals surface area contributed by atoms with Crippen LogP contribution in [0, 0.1) is 6.92 Å². The van der Waals surface area contributed by atoms with E-state index in [0.29, 0.717) is 0 Å². The van der Waals surface area contributed by atoms with Crippen LogP contribution in [-0.2, 0) is 11.3 Å². The fourth-order valence-corrected chi connectivity index (χ4v) is 2.63. The van der Waals surface area contributed by atoms with Crippen LogP contribution in [0.5, 0.6) is 0 Å².